The molecule has 0 aliphatic carbocycles. The summed E-state index contributed by atoms with van der Waals surface area (Å²) in [5.74, 6) is -1.13. The van der Waals surface area contributed by atoms with Crippen molar-refractivity contribution < 1.29 is 18.7 Å². The van der Waals surface area contributed by atoms with Crippen LogP contribution in [0.25, 0.3) is 0 Å². The highest BCUT2D eigenvalue weighted by molar-refractivity contribution is 9.10. The minimum absolute atomic E-state index is 0.0296. The van der Waals surface area contributed by atoms with Crippen molar-refractivity contribution >= 4 is 33.4 Å². The first-order valence-electron chi connectivity index (χ1n) is 8.74. The van der Waals surface area contributed by atoms with Crippen molar-refractivity contribution in [3.05, 3.63) is 58.8 Å². The molecule has 0 saturated carbocycles. The lowest BCUT2D eigenvalue weighted by Gasteiger charge is -2.32. The van der Waals surface area contributed by atoms with Crippen LogP contribution in [-0.2, 0) is 9.59 Å². The van der Waals surface area contributed by atoms with E-state index in [4.69, 9.17) is 4.74 Å². The number of halogens is 2. The van der Waals surface area contributed by atoms with Crippen LogP contribution in [0.3, 0.4) is 0 Å². The smallest absolute Gasteiger partial charge is 0.260 e. The number of para-hydroxylation sites is 1. The van der Waals surface area contributed by atoms with Gasteiger partial charge in [-0.25, -0.2) is 4.39 Å². The SMILES string of the molecule is O=C(Nc1ccccc1)[C@H]1CCCN(C(=O)COc2ccc(Br)cc2F)C1. The molecule has 1 saturated heterocycles. The van der Waals surface area contributed by atoms with Crippen LogP contribution in [0.4, 0.5) is 10.1 Å². The molecule has 0 bridgehead atoms. The Bertz CT molecular complexity index is 816. The van der Waals surface area contributed by atoms with Crippen LogP contribution in [0.1, 0.15) is 12.8 Å². The number of anilines is 1. The largest absolute Gasteiger partial charge is 0.481 e. The average Bonchev–Trinajstić information content (AvgIpc) is 2.68. The van der Waals surface area contributed by atoms with E-state index in [9.17, 15) is 14.0 Å². The maximum absolute atomic E-state index is 13.8. The van der Waals surface area contributed by atoms with E-state index in [0.717, 1.165) is 18.5 Å². The fourth-order valence-corrected chi connectivity index (χ4v) is 3.34. The first kappa shape index (κ1) is 19.4. The number of nitrogens with zero attached hydrogens (tertiary/aromatic N) is 1. The van der Waals surface area contributed by atoms with Crippen molar-refractivity contribution in [2.24, 2.45) is 5.92 Å². The number of rotatable bonds is 5. The van der Waals surface area contributed by atoms with Gasteiger partial charge in [-0.15, -0.1) is 0 Å². The van der Waals surface area contributed by atoms with Crippen molar-refractivity contribution in [3.8, 4) is 5.75 Å². The van der Waals surface area contributed by atoms with Crippen molar-refractivity contribution in [2.45, 2.75) is 12.8 Å². The molecule has 5 nitrogen and oxygen atoms in total. The molecule has 1 fully saturated rings. The van der Waals surface area contributed by atoms with E-state index >= 15 is 0 Å². The van der Waals surface area contributed by atoms with E-state index in [1.807, 2.05) is 30.3 Å². The Kier molecular flexibility index (Phi) is 6.45. The van der Waals surface area contributed by atoms with E-state index in [0.29, 0.717) is 17.6 Å². The fraction of sp³-hybridized carbons (Fsp3) is 0.300. The minimum Gasteiger partial charge on any atom is -0.481 e. The van der Waals surface area contributed by atoms with Crippen LogP contribution >= 0.6 is 15.9 Å². The number of nitrogens with one attached hydrogen (secondary N) is 1. The summed E-state index contributed by atoms with van der Waals surface area (Å²) >= 11 is 3.17. The molecule has 1 N–H and O–H groups in total. The summed E-state index contributed by atoms with van der Waals surface area (Å²) in [5.41, 5.74) is 0.736. The molecule has 7 heteroatoms. The van der Waals surface area contributed by atoms with Crippen molar-refractivity contribution in [3.63, 3.8) is 0 Å². The van der Waals surface area contributed by atoms with Gasteiger partial charge < -0.3 is 15.0 Å². The summed E-state index contributed by atoms with van der Waals surface area (Å²) in [7, 11) is 0. The quantitative estimate of drug-likeness (QED) is 0.777. The molecule has 1 atom stereocenters. The Balaban J connectivity index is 1.53. The molecule has 1 aliphatic heterocycles. The second-order valence-corrected chi connectivity index (χ2v) is 7.31. The third-order valence-corrected chi connectivity index (χ3v) is 4.92. The maximum Gasteiger partial charge on any atom is 0.260 e. The number of hydrogen-bond donors (Lipinski definition) is 1. The highest BCUT2D eigenvalue weighted by atomic mass is 79.9. The molecular weight excluding hydrogens is 415 g/mol. The van der Waals surface area contributed by atoms with Gasteiger partial charge in [-0.3, -0.25) is 9.59 Å². The highest BCUT2D eigenvalue weighted by Crippen LogP contribution is 2.22. The number of likely N-dealkylation sites (tertiary alicyclic amines) is 1. The summed E-state index contributed by atoms with van der Waals surface area (Å²) in [6, 6.07) is 13.6. The van der Waals surface area contributed by atoms with E-state index in [1.54, 1.807) is 11.0 Å². The van der Waals surface area contributed by atoms with Crippen molar-refractivity contribution in [1.29, 1.82) is 0 Å². The monoisotopic (exact) mass is 434 g/mol. The number of amides is 2. The van der Waals surface area contributed by atoms with Gasteiger partial charge in [-0.05, 0) is 43.2 Å². The van der Waals surface area contributed by atoms with E-state index < -0.39 is 5.82 Å². The molecule has 0 aromatic heterocycles. The summed E-state index contributed by atoms with van der Waals surface area (Å²) in [4.78, 5) is 26.5. The normalized spacial score (nSPS) is 16.7. The Morgan fingerprint density at radius 2 is 2.00 bits per heavy atom. The molecule has 0 unspecified atom stereocenters. The Hall–Kier alpha value is -2.41. The topological polar surface area (TPSA) is 58.6 Å². The predicted octanol–water partition coefficient (Wildman–Crippen LogP) is 3.84. The standard InChI is InChI=1S/C20H20BrFN2O3/c21-15-8-9-18(17(22)11-15)27-13-19(25)24-10-4-5-14(12-24)20(26)23-16-6-2-1-3-7-16/h1-3,6-9,11,14H,4-5,10,12-13H2,(H,23,26)/t14-/m0/s1. The molecule has 0 radical (unpaired) electrons. The third kappa shape index (κ3) is 5.29. The molecule has 3 rings (SSSR count). The predicted molar refractivity (Wildman–Crippen MR) is 104 cm³/mol. The van der Waals surface area contributed by atoms with Crippen LogP contribution in [0.5, 0.6) is 5.75 Å². The number of benzene rings is 2. The summed E-state index contributed by atoms with van der Waals surface area (Å²) in [5, 5.41) is 2.88. The Morgan fingerprint density at radius 3 is 2.74 bits per heavy atom. The molecule has 142 valence electrons. The minimum atomic E-state index is -0.532. The fourth-order valence-electron chi connectivity index (χ4n) is 3.01. The molecule has 0 spiro atoms. The zero-order chi connectivity index (χ0) is 19.2. The second kappa shape index (κ2) is 8.99. The molecular formula is C20H20BrFN2O3. The summed E-state index contributed by atoms with van der Waals surface area (Å²) in [6.07, 6.45) is 1.47. The average molecular weight is 435 g/mol. The lowest BCUT2D eigenvalue weighted by atomic mass is 9.97. The van der Waals surface area contributed by atoms with Gasteiger partial charge >= 0.3 is 0 Å². The summed E-state index contributed by atoms with van der Waals surface area (Å²) in [6.45, 7) is 0.648. The highest BCUT2D eigenvalue weighted by Gasteiger charge is 2.28. The van der Waals surface area contributed by atoms with E-state index in [-0.39, 0.29) is 30.1 Å². The molecule has 2 amide bonds. The first-order chi connectivity index (χ1) is 13.0. The zero-order valence-corrected chi connectivity index (χ0v) is 16.2. The van der Waals surface area contributed by atoms with Gasteiger partial charge in [0.1, 0.15) is 0 Å². The van der Waals surface area contributed by atoms with Gasteiger partial charge in [0.15, 0.2) is 18.2 Å². The van der Waals surface area contributed by atoms with Crippen LogP contribution in [0, 0.1) is 11.7 Å². The lowest BCUT2D eigenvalue weighted by molar-refractivity contribution is -0.136. The number of hydrogen-bond acceptors (Lipinski definition) is 3. The van der Waals surface area contributed by atoms with Gasteiger partial charge in [0.25, 0.3) is 5.91 Å². The number of carbonyl (C=O) groups excluding carboxylic acids is 2. The van der Waals surface area contributed by atoms with Gasteiger partial charge in [-0.1, -0.05) is 34.1 Å². The lowest BCUT2D eigenvalue weighted by Crippen LogP contribution is -2.45. The summed E-state index contributed by atoms with van der Waals surface area (Å²) < 4.78 is 19.7. The first-order valence-corrected chi connectivity index (χ1v) is 9.54. The molecule has 2 aromatic carbocycles. The van der Waals surface area contributed by atoms with Gasteiger partial charge in [0.05, 0.1) is 5.92 Å². The molecule has 1 heterocycles. The van der Waals surface area contributed by atoms with Gasteiger partial charge in [0.2, 0.25) is 5.91 Å². The number of carbonyl (C=O) groups is 2. The zero-order valence-electron chi connectivity index (χ0n) is 14.7. The van der Waals surface area contributed by atoms with E-state index in [2.05, 4.69) is 21.2 Å². The van der Waals surface area contributed by atoms with Crippen LogP contribution in [0.2, 0.25) is 0 Å². The molecule has 1 aliphatic rings. The maximum atomic E-state index is 13.8. The van der Waals surface area contributed by atoms with Crippen LogP contribution < -0.4 is 10.1 Å². The number of ether oxygens (including phenoxy) is 1. The Morgan fingerprint density at radius 1 is 1.22 bits per heavy atom. The van der Waals surface area contributed by atoms with Crippen LogP contribution in [0.15, 0.2) is 53.0 Å². The van der Waals surface area contributed by atoms with Gasteiger partial charge in [-0.2, -0.15) is 0 Å². The van der Waals surface area contributed by atoms with Crippen molar-refractivity contribution in [1.82, 2.24) is 4.90 Å². The second-order valence-electron chi connectivity index (χ2n) is 6.40. The van der Waals surface area contributed by atoms with Gasteiger partial charge in [0, 0.05) is 23.2 Å². The van der Waals surface area contributed by atoms with Crippen LogP contribution in [-0.4, -0.2) is 36.4 Å². The number of piperidine rings is 1. The molecule has 27 heavy (non-hydrogen) atoms. The van der Waals surface area contributed by atoms with Crippen molar-refractivity contribution in [2.75, 3.05) is 25.0 Å². The Labute approximate surface area is 165 Å². The third-order valence-electron chi connectivity index (χ3n) is 4.43. The molecule has 2 aromatic rings. The van der Waals surface area contributed by atoms with E-state index in [1.165, 1.54) is 12.1 Å².